The first-order valence-corrected chi connectivity index (χ1v) is 5.86. The molecule has 0 aliphatic rings. The van der Waals surface area contributed by atoms with Crippen LogP contribution in [0.15, 0.2) is 36.4 Å². The minimum Gasteiger partial charge on any atom is -0.497 e. The zero-order valence-electron chi connectivity index (χ0n) is 10.1. The molecular formula is C14H13ClO3. The van der Waals surface area contributed by atoms with Crippen molar-refractivity contribution in [2.24, 2.45) is 0 Å². The first kappa shape index (κ1) is 12.7. The number of halogens is 1. The first-order valence-electron chi connectivity index (χ1n) is 5.56. The molecule has 0 heterocycles. The second-order valence-electron chi connectivity index (χ2n) is 4.09. The van der Waals surface area contributed by atoms with Gasteiger partial charge in [-0.2, -0.15) is 0 Å². The summed E-state index contributed by atoms with van der Waals surface area (Å²) in [5.74, 6) is -0.0259. The number of methoxy groups -OCH3 is 1. The van der Waals surface area contributed by atoms with Gasteiger partial charge in [0.2, 0.25) is 0 Å². The molecule has 0 N–H and O–H groups in total. The van der Waals surface area contributed by atoms with Crippen molar-refractivity contribution >= 4 is 28.6 Å². The van der Waals surface area contributed by atoms with Gasteiger partial charge in [-0.1, -0.05) is 24.3 Å². The van der Waals surface area contributed by atoms with E-state index in [1.54, 1.807) is 14.0 Å². The van der Waals surface area contributed by atoms with E-state index in [-0.39, 0.29) is 5.92 Å². The van der Waals surface area contributed by atoms with Gasteiger partial charge < -0.3 is 9.03 Å². The Balaban J connectivity index is 2.42. The molecule has 0 aliphatic heterocycles. The number of carbonyl (C=O) groups excluding carboxylic acids is 1. The Hall–Kier alpha value is -1.74. The van der Waals surface area contributed by atoms with Gasteiger partial charge in [0.1, 0.15) is 17.6 Å². The molecule has 0 radical (unpaired) electrons. The monoisotopic (exact) mass is 264 g/mol. The zero-order valence-corrected chi connectivity index (χ0v) is 10.9. The Labute approximate surface area is 110 Å². The molecule has 3 nitrogen and oxygen atoms in total. The number of rotatable bonds is 3. The molecule has 2 aromatic carbocycles. The number of fused-ring (bicyclic) bond motifs is 1. The lowest BCUT2D eigenvalue weighted by atomic mass is 9.98. The van der Waals surface area contributed by atoms with Gasteiger partial charge in [0.05, 0.1) is 13.0 Å². The number of ether oxygens (including phenoxy) is 1. The van der Waals surface area contributed by atoms with Crippen LogP contribution in [0.2, 0.25) is 0 Å². The van der Waals surface area contributed by atoms with Gasteiger partial charge in [-0.05, 0) is 35.4 Å². The average molecular weight is 265 g/mol. The Bertz CT molecular complexity index is 580. The minimum atomic E-state index is -0.454. The SMILES string of the molecule is COc1ccc2cc([C@H](C)C(=O)OCl)ccc2c1. The van der Waals surface area contributed by atoms with E-state index in [1.165, 1.54) is 0 Å². The van der Waals surface area contributed by atoms with Crippen LogP contribution in [0.3, 0.4) is 0 Å². The van der Waals surface area contributed by atoms with Crippen LogP contribution in [0.4, 0.5) is 0 Å². The first-order chi connectivity index (χ1) is 8.65. The van der Waals surface area contributed by atoms with Gasteiger partial charge in [-0.25, -0.2) is 4.79 Å². The van der Waals surface area contributed by atoms with Crippen molar-refractivity contribution in [2.75, 3.05) is 7.11 Å². The summed E-state index contributed by atoms with van der Waals surface area (Å²) < 4.78 is 9.39. The molecule has 2 rings (SSSR count). The third-order valence-electron chi connectivity index (χ3n) is 3.00. The molecule has 94 valence electrons. The minimum absolute atomic E-state index is 0.381. The van der Waals surface area contributed by atoms with Crippen molar-refractivity contribution in [1.82, 2.24) is 0 Å². The fraction of sp³-hybridized carbons (Fsp3) is 0.214. The van der Waals surface area contributed by atoms with Gasteiger partial charge in [-0.15, -0.1) is 0 Å². The molecule has 0 unspecified atom stereocenters. The van der Waals surface area contributed by atoms with Crippen LogP contribution in [0.5, 0.6) is 5.75 Å². The molecule has 0 aromatic heterocycles. The predicted molar refractivity (Wildman–Crippen MR) is 70.9 cm³/mol. The molecule has 4 heteroatoms. The van der Waals surface area contributed by atoms with Crippen molar-refractivity contribution in [3.05, 3.63) is 42.0 Å². The van der Waals surface area contributed by atoms with E-state index in [0.717, 1.165) is 22.1 Å². The molecule has 0 aliphatic carbocycles. The van der Waals surface area contributed by atoms with Crippen LogP contribution in [0, 0.1) is 0 Å². The molecule has 0 amide bonds. The van der Waals surface area contributed by atoms with E-state index >= 15 is 0 Å². The Kier molecular flexibility index (Phi) is 3.72. The molecule has 0 bridgehead atoms. The summed E-state index contributed by atoms with van der Waals surface area (Å²) in [6.07, 6.45) is 0. The standard InChI is InChI=1S/C14H13ClO3/c1-9(14(16)18-15)10-3-4-12-8-13(17-2)6-5-11(12)7-10/h3-9H,1-2H3/t9-/m0/s1. The van der Waals surface area contributed by atoms with E-state index in [0.29, 0.717) is 0 Å². The highest BCUT2D eigenvalue weighted by atomic mass is 35.5. The Morgan fingerprint density at radius 3 is 2.50 bits per heavy atom. The highest BCUT2D eigenvalue weighted by Crippen LogP contribution is 2.25. The van der Waals surface area contributed by atoms with Crippen LogP contribution in [0.25, 0.3) is 10.8 Å². The van der Waals surface area contributed by atoms with Crippen LogP contribution in [0.1, 0.15) is 18.4 Å². The van der Waals surface area contributed by atoms with Gasteiger partial charge >= 0.3 is 5.97 Å². The van der Waals surface area contributed by atoms with Crippen molar-refractivity contribution in [3.63, 3.8) is 0 Å². The summed E-state index contributed by atoms with van der Waals surface area (Å²) in [7, 11) is 1.63. The predicted octanol–water partition coefficient (Wildman–Crippen LogP) is 3.65. The Morgan fingerprint density at radius 1 is 1.17 bits per heavy atom. The largest absolute Gasteiger partial charge is 0.497 e. The second kappa shape index (κ2) is 5.27. The average Bonchev–Trinajstić information content (AvgIpc) is 2.44. The fourth-order valence-corrected chi connectivity index (χ4v) is 1.98. The fourth-order valence-electron chi connectivity index (χ4n) is 1.84. The lowest BCUT2D eigenvalue weighted by Gasteiger charge is -2.09. The van der Waals surface area contributed by atoms with Crippen molar-refractivity contribution < 1.29 is 13.8 Å². The summed E-state index contributed by atoms with van der Waals surface area (Å²) in [5, 5.41) is 2.10. The Morgan fingerprint density at radius 2 is 1.83 bits per heavy atom. The van der Waals surface area contributed by atoms with Crippen LogP contribution in [-0.4, -0.2) is 13.1 Å². The highest BCUT2D eigenvalue weighted by molar-refractivity contribution is 6.13. The summed E-state index contributed by atoms with van der Waals surface area (Å²) in [6, 6.07) is 11.6. The second-order valence-corrected chi connectivity index (χ2v) is 4.24. The normalized spacial score (nSPS) is 12.2. The van der Waals surface area contributed by atoms with E-state index in [2.05, 4.69) is 4.29 Å². The summed E-state index contributed by atoms with van der Waals surface area (Å²) in [6.45, 7) is 1.76. The summed E-state index contributed by atoms with van der Waals surface area (Å²) in [5.41, 5.74) is 0.873. The summed E-state index contributed by atoms with van der Waals surface area (Å²) >= 11 is 5.09. The third kappa shape index (κ3) is 2.41. The highest BCUT2D eigenvalue weighted by Gasteiger charge is 2.16. The lowest BCUT2D eigenvalue weighted by molar-refractivity contribution is -0.135. The number of benzene rings is 2. The molecular weight excluding hydrogens is 252 g/mol. The lowest BCUT2D eigenvalue weighted by Crippen LogP contribution is -2.08. The van der Waals surface area contributed by atoms with Crippen molar-refractivity contribution in [3.8, 4) is 5.75 Å². The smallest absolute Gasteiger partial charge is 0.331 e. The maximum atomic E-state index is 11.4. The molecule has 2 aromatic rings. The van der Waals surface area contributed by atoms with Gasteiger partial charge in [0.25, 0.3) is 0 Å². The molecule has 0 saturated heterocycles. The van der Waals surface area contributed by atoms with Gasteiger partial charge in [0, 0.05) is 0 Å². The van der Waals surface area contributed by atoms with Crippen molar-refractivity contribution in [2.45, 2.75) is 12.8 Å². The van der Waals surface area contributed by atoms with E-state index in [1.807, 2.05) is 36.4 Å². The molecule has 0 fully saturated rings. The maximum absolute atomic E-state index is 11.4. The number of hydrogen-bond acceptors (Lipinski definition) is 3. The van der Waals surface area contributed by atoms with Crippen molar-refractivity contribution in [1.29, 1.82) is 0 Å². The third-order valence-corrected chi connectivity index (χ3v) is 3.15. The summed E-state index contributed by atoms with van der Waals surface area (Å²) in [4.78, 5) is 11.4. The maximum Gasteiger partial charge on any atom is 0.331 e. The van der Waals surface area contributed by atoms with Gasteiger partial charge in [0.15, 0.2) is 0 Å². The van der Waals surface area contributed by atoms with Gasteiger partial charge in [-0.3, -0.25) is 0 Å². The molecule has 0 spiro atoms. The van der Waals surface area contributed by atoms with E-state index < -0.39 is 5.97 Å². The quantitative estimate of drug-likeness (QED) is 0.849. The van der Waals surface area contributed by atoms with Crippen LogP contribution in [-0.2, 0) is 9.08 Å². The zero-order chi connectivity index (χ0) is 13.1. The number of carbonyl (C=O) groups is 1. The van der Waals surface area contributed by atoms with Crippen LogP contribution < -0.4 is 4.74 Å². The van der Waals surface area contributed by atoms with E-state index in [9.17, 15) is 4.79 Å². The number of hydrogen-bond donors (Lipinski definition) is 0. The van der Waals surface area contributed by atoms with E-state index in [4.69, 9.17) is 16.6 Å². The topological polar surface area (TPSA) is 35.5 Å². The van der Waals surface area contributed by atoms with Crippen LogP contribution >= 0.6 is 11.9 Å². The molecule has 0 saturated carbocycles. The molecule has 18 heavy (non-hydrogen) atoms. The molecule has 1 atom stereocenters.